The zero-order chi connectivity index (χ0) is 12.9. The van der Waals surface area contributed by atoms with E-state index in [1.54, 1.807) is 0 Å². The zero-order valence-electron chi connectivity index (χ0n) is 12.3. The van der Waals surface area contributed by atoms with Gasteiger partial charge in [-0.25, -0.2) is 0 Å². The van der Waals surface area contributed by atoms with E-state index in [9.17, 15) is 0 Å². The van der Waals surface area contributed by atoms with Crippen LogP contribution in [0.25, 0.3) is 0 Å². The minimum absolute atomic E-state index is 0.0398. The summed E-state index contributed by atoms with van der Waals surface area (Å²) in [6.07, 6.45) is 5.10. The van der Waals surface area contributed by atoms with E-state index in [1.807, 2.05) is 0 Å². The summed E-state index contributed by atoms with van der Waals surface area (Å²) in [7, 11) is 0. The van der Waals surface area contributed by atoms with Gasteiger partial charge in [0.1, 0.15) is 0 Å². The predicted molar refractivity (Wildman–Crippen MR) is 72.3 cm³/mol. The lowest BCUT2D eigenvalue weighted by Crippen LogP contribution is -2.33. The van der Waals surface area contributed by atoms with Gasteiger partial charge in [-0.2, -0.15) is 0 Å². The van der Waals surface area contributed by atoms with Crippen LogP contribution >= 0.6 is 0 Å². The lowest BCUT2D eigenvalue weighted by molar-refractivity contribution is -0.0558. The van der Waals surface area contributed by atoms with Gasteiger partial charge in [0.15, 0.2) is 0 Å². The summed E-state index contributed by atoms with van der Waals surface area (Å²) in [6.45, 7) is 13.6. The van der Waals surface area contributed by atoms with E-state index in [4.69, 9.17) is 9.47 Å². The van der Waals surface area contributed by atoms with Gasteiger partial charge in [-0.3, -0.25) is 0 Å². The summed E-state index contributed by atoms with van der Waals surface area (Å²) in [5.41, 5.74) is 0.506. The Morgan fingerprint density at radius 2 is 1.94 bits per heavy atom. The fourth-order valence-corrected chi connectivity index (χ4v) is 3.09. The van der Waals surface area contributed by atoms with E-state index >= 15 is 0 Å². The van der Waals surface area contributed by atoms with Crippen LogP contribution in [0.4, 0.5) is 0 Å². The molecule has 2 heteroatoms. The summed E-state index contributed by atoms with van der Waals surface area (Å²) in [5, 5.41) is 0. The average molecular weight is 242 g/mol. The number of ether oxygens (including phenoxy) is 2. The topological polar surface area (TPSA) is 18.5 Å². The highest BCUT2D eigenvalue weighted by molar-refractivity contribution is 4.93. The fraction of sp³-hybridized carbons (Fsp3) is 1.00. The average Bonchev–Trinajstić information content (AvgIpc) is 2.62. The smallest absolute Gasteiger partial charge is 0.0654 e. The third-order valence-electron chi connectivity index (χ3n) is 4.39. The monoisotopic (exact) mass is 242 g/mol. The Morgan fingerprint density at radius 1 is 1.24 bits per heavy atom. The lowest BCUT2D eigenvalue weighted by Gasteiger charge is -2.33. The van der Waals surface area contributed by atoms with Gasteiger partial charge in [0.25, 0.3) is 0 Å². The van der Waals surface area contributed by atoms with E-state index in [0.29, 0.717) is 11.3 Å². The van der Waals surface area contributed by atoms with Crippen molar-refractivity contribution < 1.29 is 9.47 Å². The zero-order valence-corrected chi connectivity index (χ0v) is 12.3. The van der Waals surface area contributed by atoms with Crippen LogP contribution in [0, 0.1) is 11.3 Å². The molecule has 0 aromatic heterocycles. The van der Waals surface area contributed by atoms with Crippen LogP contribution in [0.15, 0.2) is 0 Å². The standard InChI is InChI=1S/C15H30O2/c1-6-16-11-10-15(5)9-8-13(12-15)14(3,4)17-7-2/h13H,6-12H2,1-5H3. The fourth-order valence-electron chi connectivity index (χ4n) is 3.09. The normalized spacial score (nSPS) is 29.8. The molecule has 17 heavy (non-hydrogen) atoms. The van der Waals surface area contributed by atoms with Gasteiger partial charge in [0.05, 0.1) is 5.60 Å². The van der Waals surface area contributed by atoms with Crippen molar-refractivity contribution >= 4 is 0 Å². The van der Waals surface area contributed by atoms with E-state index < -0.39 is 0 Å². The van der Waals surface area contributed by atoms with Crippen molar-refractivity contribution in [1.29, 1.82) is 0 Å². The molecule has 1 fully saturated rings. The van der Waals surface area contributed by atoms with E-state index in [1.165, 1.54) is 25.7 Å². The second kappa shape index (κ2) is 6.19. The molecule has 2 nitrogen and oxygen atoms in total. The molecule has 0 N–H and O–H groups in total. The Morgan fingerprint density at radius 3 is 2.53 bits per heavy atom. The highest BCUT2D eigenvalue weighted by Crippen LogP contribution is 2.48. The van der Waals surface area contributed by atoms with Crippen molar-refractivity contribution in [2.75, 3.05) is 19.8 Å². The second-order valence-electron chi connectivity index (χ2n) is 6.23. The molecule has 0 aromatic rings. The van der Waals surface area contributed by atoms with Crippen molar-refractivity contribution in [1.82, 2.24) is 0 Å². The molecule has 0 saturated heterocycles. The maximum atomic E-state index is 5.90. The summed E-state index contributed by atoms with van der Waals surface area (Å²) < 4.78 is 11.4. The minimum Gasteiger partial charge on any atom is -0.382 e. The van der Waals surface area contributed by atoms with Gasteiger partial charge >= 0.3 is 0 Å². The molecule has 2 unspecified atom stereocenters. The summed E-state index contributed by atoms with van der Waals surface area (Å²) in [6, 6.07) is 0. The van der Waals surface area contributed by atoms with E-state index in [2.05, 4.69) is 34.6 Å². The molecule has 0 heterocycles. The van der Waals surface area contributed by atoms with Crippen LogP contribution in [-0.4, -0.2) is 25.4 Å². The van der Waals surface area contributed by atoms with Gasteiger partial charge in [-0.05, 0) is 64.7 Å². The Kier molecular flexibility index (Phi) is 5.46. The first kappa shape index (κ1) is 15.0. The van der Waals surface area contributed by atoms with Gasteiger partial charge < -0.3 is 9.47 Å². The lowest BCUT2D eigenvalue weighted by atomic mass is 9.81. The molecule has 0 bridgehead atoms. The van der Waals surface area contributed by atoms with Crippen molar-refractivity contribution in [2.45, 2.75) is 65.9 Å². The van der Waals surface area contributed by atoms with Crippen molar-refractivity contribution in [3.05, 3.63) is 0 Å². The van der Waals surface area contributed by atoms with Gasteiger partial charge in [-0.1, -0.05) is 6.92 Å². The van der Waals surface area contributed by atoms with Gasteiger partial charge in [0, 0.05) is 19.8 Å². The maximum absolute atomic E-state index is 5.90. The molecule has 2 atom stereocenters. The van der Waals surface area contributed by atoms with Crippen LogP contribution in [0.2, 0.25) is 0 Å². The number of rotatable bonds is 7. The SMILES string of the molecule is CCOCCC1(C)CCC(C(C)(C)OCC)C1. The maximum Gasteiger partial charge on any atom is 0.0654 e. The molecule has 102 valence electrons. The van der Waals surface area contributed by atoms with Crippen molar-refractivity contribution in [3.8, 4) is 0 Å². The summed E-state index contributed by atoms with van der Waals surface area (Å²) in [5.74, 6) is 0.703. The quantitative estimate of drug-likeness (QED) is 0.627. The Bertz CT molecular complexity index is 225. The molecule has 0 aliphatic heterocycles. The largest absolute Gasteiger partial charge is 0.382 e. The third-order valence-corrected chi connectivity index (χ3v) is 4.39. The van der Waals surface area contributed by atoms with Crippen LogP contribution in [0.3, 0.4) is 0 Å². The molecule has 0 amide bonds. The Hall–Kier alpha value is -0.0800. The van der Waals surface area contributed by atoms with Crippen molar-refractivity contribution in [2.24, 2.45) is 11.3 Å². The van der Waals surface area contributed by atoms with E-state index in [0.717, 1.165) is 19.8 Å². The van der Waals surface area contributed by atoms with E-state index in [-0.39, 0.29) is 5.60 Å². The molecular weight excluding hydrogens is 212 g/mol. The molecule has 1 aliphatic carbocycles. The minimum atomic E-state index is 0.0398. The first-order valence-corrected chi connectivity index (χ1v) is 7.15. The van der Waals surface area contributed by atoms with Crippen molar-refractivity contribution in [3.63, 3.8) is 0 Å². The third kappa shape index (κ3) is 4.26. The van der Waals surface area contributed by atoms with Gasteiger partial charge in [0.2, 0.25) is 0 Å². The Balaban J connectivity index is 2.45. The first-order valence-electron chi connectivity index (χ1n) is 7.15. The number of hydrogen-bond acceptors (Lipinski definition) is 2. The van der Waals surface area contributed by atoms with Crippen LogP contribution in [0.5, 0.6) is 0 Å². The van der Waals surface area contributed by atoms with Crippen LogP contribution < -0.4 is 0 Å². The highest BCUT2D eigenvalue weighted by Gasteiger charge is 2.42. The second-order valence-corrected chi connectivity index (χ2v) is 6.23. The first-order chi connectivity index (χ1) is 7.93. The molecule has 0 radical (unpaired) electrons. The van der Waals surface area contributed by atoms with Gasteiger partial charge in [-0.15, -0.1) is 0 Å². The Labute approximate surface area is 107 Å². The highest BCUT2D eigenvalue weighted by atomic mass is 16.5. The molecule has 0 spiro atoms. The molecular formula is C15H30O2. The van der Waals surface area contributed by atoms with Crippen LogP contribution in [0.1, 0.15) is 60.3 Å². The molecule has 1 saturated carbocycles. The molecule has 1 rings (SSSR count). The van der Waals surface area contributed by atoms with Crippen LogP contribution in [-0.2, 0) is 9.47 Å². The molecule has 0 aromatic carbocycles. The summed E-state index contributed by atoms with van der Waals surface area (Å²) in [4.78, 5) is 0. The predicted octanol–water partition coefficient (Wildman–Crippen LogP) is 4.03. The summed E-state index contributed by atoms with van der Waals surface area (Å²) >= 11 is 0. The molecule has 1 aliphatic rings. The number of hydrogen-bond donors (Lipinski definition) is 0.